The number of phenolic OH excluding ortho intramolecular Hbond substituents is 1. The lowest BCUT2D eigenvalue weighted by Crippen LogP contribution is -2.13. The zero-order chi connectivity index (χ0) is 13.1. The van der Waals surface area contributed by atoms with Crippen LogP contribution in [-0.2, 0) is 0 Å². The number of H-pyrrole nitrogens is 1. The van der Waals surface area contributed by atoms with E-state index in [-0.39, 0.29) is 22.7 Å². The summed E-state index contributed by atoms with van der Waals surface area (Å²) in [6.07, 6.45) is 1.29. The number of phenols is 1. The standard InChI is InChI=1S/C11H7ClN4O2/c12-7-1-2-8(9(17)3-7)11(18)15-10-6(4-13)5-14-16-10/h1-3,5,17H,(H2,14,15,16,18). The average molecular weight is 263 g/mol. The molecular weight excluding hydrogens is 256 g/mol. The molecule has 0 bridgehead atoms. The minimum absolute atomic E-state index is 0.0536. The molecule has 0 fully saturated rings. The Hall–Kier alpha value is -2.52. The fourth-order valence-electron chi connectivity index (χ4n) is 1.34. The first-order valence-corrected chi connectivity index (χ1v) is 5.23. The third-order valence-electron chi connectivity index (χ3n) is 2.20. The number of nitrogens with one attached hydrogen (secondary N) is 2. The van der Waals surface area contributed by atoms with Crippen LogP contribution < -0.4 is 5.32 Å². The molecule has 90 valence electrons. The van der Waals surface area contributed by atoms with Crippen LogP contribution in [0.1, 0.15) is 15.9 Å². The summed E-state index contributed by atoms with van der Waals surface area (Å²) in [7, 11) is 0. The molecule has 0 spiro atoms. The minimum Gasteiger partial charge on any atom is -0.507 e. The van der Waals surface area contributed by atoms with Gasteiger partial charge in [0.2, 0.25) is 0 Å². The fourth-order valence-corrected chi connectivity index (χ4v) is 1.51. The van der Waals surface area contributed by atoms with Gasteiger partial charge in [-0.25, -0.2) is 0 Å². The highest BCUT2D eigenvalue weighted by molar-refractivity contribution is 6.30. The lowest BCUT2D eigenvalue weighted by atomic mass is 10.2. The van der Waals surface area contributed by atoms with Crippen molar-refractivity contribution in [1.82, 2.24) is 10.2 Å². The molecule has 0 radical (unpaired) electrons. The van der Waals surface area contributed by atoms with E-state index >= 15 is 0 Å². The largest absolute Gasteiger partial charge is 0.507 e. The molecular formula is C11H7ClN4O2. The number of nitriles is 1. The van der Waals surface area contributed by atoms with E-state index in [2.05, 4.69) is 15.5 Å². The zero-order valence-corrected chi connectivity index (χ0v) is 9.69. The number of amides is 1. The first kappa shape index (κ1) is 12.0. The van der Waals surface area contributed by atoms with Crippen LogP contribution in [0.2, 0.25) is 5.02 Å². The Labute approximate surface area is 107 Å². The summed E-state index contributed by atoms with van der Waals surface area (Å²) in [5, 5.41) is 27.2. The second-order valence-corrected chi connectivity index (χ2v) is 3.82. The molecule has 0 aliphatic rings. The van der Waals surface area contributed by atoms with Gasteiger partial charge in [0.05, 0.1) is 11.8 Å². The Morgan fingerprint density at radius 1 is 1.56 bits per heavy atom. The van der Waals surface area contributed by atoms with Crippen LogP contribution in [-0.4, -0.2) is 21.2 Å². The minimum atomic E-state index is -0.565. The van der Waals surface area contributed by atoms with E-state index in [9.17, 15) is 9.90 Å². The highest BCUT2D eigenvalue weighted by Gasteiger charge is 2.14. The lowest BCUT2D eigenvalue weighted by molar-refractivity contribution is 0.102. The Balaban J connectivity index is 2.25. The number of anilines is 1. The molecule has 1 amide bonds. The summed E-state index contributed by atoms with van der Waals surface area (Å²) in [4.78, 5) is 11.8. The van der Waals surface area contributed by atoms with Gasteiger partial charge in [0.15, 0.2) is 0 Å². The van der Waals surface area contributed by atoms with Crippen LogP contribution >= 0.6 is 11.6 Å². The van der Waals surface area contributed by atoms with Gasteiger partial charge >= 0.3 is 0 Å². The average Bonchev–Trinajstić information content (AvgIpc) is 2.76. The Bertz CT molecular complexity index is 645. The molecule has 2 aromatic rings. The highest BCUT2D eigenvalue weighted by Crippen LogP contribution is 2.23. The van der Waals surface area contributed by atoms with E-state index < -0.39 is 5.91 Å². The van der Waals surface area contributed by atoms with Crippen molar-refractivity contribution in [2.45, 2.75) is 0 Å². The van der Waals surface area contributed by atoms with Crippen molar-refractivity contribution in [2.75, 3.05) is 5.32 Å². The van der Waals surface area contributed by atoms with Crippen LogP contribution in [0.25, 0.3) is 0 Å². The van der Waals surface area contributed by atoms with E-state index in [0.29, 0.717) is 5.02 Å². The number of aromatic amines is 1. The van der Waals surface area contributed by atoms with Crippen molar-refractivity contribution in [3.8, 4) is 11.8 Å². The lowest BCUT2D eigenvalue weighted by Gasteiger charge is -2.05. The molecule has 0 aliphatic heterocycles. The van der Waals surface area contributed by atoms with E-state index in [1.165, 1.54) is 24.4 Å². The number of carbonyl (C=O) groups excluding carboxylic acids is 1. The third kappa shape index (κ3) is 2.26. The summed E-state index contributed by atoms with van der Waals surface area (Å²) in [6.45, 7) is 0. The zero-order valence-electron chi connectivity index (χ0n) is 8.94. The van der Waals surface area contributed by atoms with E-state index in [0.717, 1.165) is 0 Å². The van der Waals surface area contributed by atoms with Gasteiger partial charge in [-0.3, -0.25) is 9.89 Å². The molecule has 0 saturated heterocycles. The normalized spacial score (nSPS) is 9.78. The molecule has 6 nitrogen and oxygen atoms in total. The quantitative estimate of drug-likeness (QED) is 0.769. The van der Waals surface area contributed by atoms with E-state index in [1.807, 2.05) is 6.07 Å². The summed E-state index contributed by atoms with van der Waals surface area (Å²) in [5.41, 5.74) is 0.259. The van der Waals surface area contributed by atoms with Crippen molar-refractivity contribution >= 4 is 23.3 Å². The van der Waals surface area contributed by atoms with Crippen molar-refractivity contribution < 1.29 is 9.90 Å². The number of aromatic hydroxyl groups is 1. The van der Waals surface area contributed by atoms with Crippen LogP contribution in [0.3, 0.4) is 0 Å². The number of hydrogen-bond acceptors (Lipinski definition) is 4. The van der Waals surface area contributed by atoms with Gasteiger partial charge < -0.3 is 10.4 Å². The summed E-state index contributed by atoms with van der Waals surface area (Å²) >= 11 is 5.66. The SMILES string of the molecule is N#Cc1cn[nH]c1NC(=O)c1ccc(Cl)cc1O. The van der Waals surface area contributed by atoms with Crippen LogP contribution in [0.4, 0.5) is 5.82 Å². The number of rotatable bonds is 2. The number of hydrogen-bond donors (Lipinski definition) is 3. The molecule has 7 heteroatoms. The second-order valence-electron chi connectivity index (χ2n) is 3.39. The molecule has 0 aliphatic carbocycles. The fraction of sp³-hybridized carbons (Fsp3) is 0. The molecule has 1 aromatic heterocycles. The van der Waals surface area contributed by atoms with Crippen molar-refractivity contribution in [2.24, 2.45) is 0 Å². The van der Waals surface area contributed by atoms with Gasteiger partial charge in [-0.15, -0.1) is 0 Å². The molecule has 3 N–H and O–H groups in total. The Morgan fingerprint density at radius 2 is 2.33 bits per heavy atom. The molecule has 0 unspecified atom stereocenters. The number of carbonyl (C=O) groups is 1. The predicted molar refractivity (Wildman–Crippen MR) is 64.4 cm³/mol. The molecule has 2 rings (SSSR count). The van der Waals surface area contributed by atoms with Gasteiger partial charge in [-0.2, -0.15) is 10.4 Å². The molecule has 18 heavy (non-hydrogen) atoms. The Kier molecular flexibility index (Phi) is 3.17. The first-order chi connectivity index (χ1) is 8.61. The van der Waals surface area contributed by atoms with Crippen molar-refractivity contribution in [3.63, 3.8) is 0 Å². The van der Waals surface area contributed by atoms with Crippen LogP contribution in [0.5, 0.6) is 5.75 Å². The van der Waals surface area contributed by atoms with E-state index in [4.69, 9.17) is 16.9 Å². The van der Waals surface area contributed by atoms with Gasteiger partial charge in [0.1, 0.15) is 23.2 Å². The summed E-state index contributed by atoms with van der Waals surface area (Å²) in [6, 6.07) is 5.99. The molecule has 1 heterocycles. The van der Waals surface area contributed by atoms with Gasteiger partial charge in [0, 0.05) is 5.02 Å². The predicted octanol–water partition coefficient (Wildman–Crippen LogP) is 1.89. The highest BCUT2D eigenvalue weighted by atomic mass is 35.5. The van der Waals surface area contributed by atoms with Crippen molar-refractivity contribution in [3.05, 3.63) is 40.5 Å². The number of benzene rings is 1. The van der Waals surface area contributed by atoms with Gasteiger partial charge in [-0.05, 0) is 18.2 Å². The Morgan fingerprint density at radius 3 is 3.00 bits per heavy atom. The number of nitrogens with zero attached hydrogens (tertiary/aromatic N) is 2. The summed E-state index contributed by atoms with van der Waals surface area (Å²) in [5.74, 6) is -0.625. The topological polar surface area (TPSA) is 102 Å². The molecule has 0 atom stereocenters. The van der Waals surface area contributed by atoms with Crippen molar-refractivity contribution in [1.29, 1.82) is 5.26 Å². The maximum absolute atomic E-state index is 11.8. The van der Waals surface area contributed by atoms with E-state index in [1.54, 1.807) is 0 Å². The van der Waals surface area contributed by atoms with Gasteiger partial charge in [0.25, 0.3) is 5.91 Å². The smallest absolute Gasteiger partial charge is 0.260 e. The first-order valence-electron chi connectivity index (χ1n) is 4.85. The summed E-state index contributed by atoms with van der Waals surface area (Å²) < 4.78 is 0. The number of halogens is 1. The van der Waals surface area contributed by atoms with Crippen LogP contribution in [0.15, 0.2) is 24.4 Å². The number of aromatic nitrogens is 2. The van der Waals surface area contributed by atoms with Crippen LogP contribution in [0, 0.1) is 11.3 Å². The third-order valence-corrected chi connectivity index (χ3v) is 2.44. The molecule has 1 aromatic carbocycles. The second kappa shape index (κ2) is 4.77. The monoisotopic (exact) mass is 262 g/mol. The maximum atomic E-state index is 11.8. The maximum Gasteiger partial charge on any atom is 0.260 e. The molecule has 0 saturated carbocycles. The van der Waals surface area contributed by atoms with Gasteiger partial charge in [-0.1, -0.05) is 11.6 Å².